The number of aryl methyl sites for hydroxylation is 1. The first-order valence-corrected chi connectivity index (χ1v) is 14.2. The maximum absolute atomic E-state index is 13.7. The molecule has 0 radical (unpaired) electrons. The van der Waals surface area contributed by atoms with E-state index in [1.165, 1.54) is 45.7 Å². The first kappa shape index (κ1) is 25.8. The minimum Gasteiger partial charge on any atom is -0.376 e. The van der Waals surface area contributed by atoms with Gasteiger partial charge < -0.3 is 10.1 Å². The number of hydrogen-bond acceptors (Lipinski definition) is 7. The Hall–Kier alpha value is -2.86. The Kier molecular flexibility index (Phi) is 7.84. The van der Waals surface area contributed by atoms with Gasteiger partial charge in [0.05, 0.1) is 17.5 Å². The van der Waals surface area contributed by atoms with Crippen molar-refractivity contribution < 1.29 is 13.9 Å². The van der Waals surface area contributed by atoms with E-state index >= 15 is 0 Å². The van der Waals surface area contributed by atoms with Crippen LogP contribution < -0.4 is 10.9 Å². The fourth-order valence-corrected chi connectivity index (χ4v) is 6.31. The number of thioether (sulfide) groups is 1. The van der Waals surface area contributed by atoms with Gasteiger partial charge in [0, 0.05) is 18.8 Å². The summed E-state index contributed by atoms with van der Waals surface area (Å²) in [6, 6.07) is 13.6. The summed E-state index contributed by atoms with van der Waals surface area (Å²) in [6.45, 7) is 3.25. The van der Waals surface area contributed by atoms with Crippen molar-refractivity contribution >= 4 is 51.6 Å². The molecule has 0 spiro atoms. The number of halogens is 1. The smallest absolute Gasteiger partial charge is 0.278 e. The molecule has 2 aromatic heterocycles. The minimum absolute atomic E-state index is 0.0372. The number of nitrogens with zero attached hydrogens (tertiary/aromatic N) is 3. The second-order valence-electron chi connectivity index (χ2n) is 8.62. The van der Waals surface area contributed by atoms with Crippen LogP contribution in [0.4, 0.5) is 4.39 Å². The zero-order chi connectivity index (χ0) is 25.9. The van der Waals surface area contributed by atoms with Crippen LogP contribution in [0.3, 0.4) is 0 Å². The molecule has 192 valence electrons. The Balaban J connectivity index is 1.54. The minimum atomic E-state index is -0.411. The van der Waals surface area contributed by atoms with Crippen molar-refractivity contribution in [3.8, 4) is 11.4 Å². The first-order valence-electron chi connectivity index (χ1n) is 12.0. The number of benzene rings is 2. The molecule has 4 aromatic rings. The van der Waals surface area contributed by atoms with Crippen LogP contribution in [-0.2, 0) is 16.0 Å². The Bertz CT molecular complexity index is 1540. The number of rotatable bonds is 8. The monoisotopic (exact) mass is 556 g/mol. The molecule has 1 atom stereocenters. The predicted octanol–water partition coefficient (Wildman–Crippen LogP) is 5.06. The zero-order valence-electron chi connectivity index (χ0n) is 20.1. The third kappa shape index (κ3) is 5.54. The largest absolute Gasteiger partial charge is 0.376 e. The van der Waals surface area contributed by atoms with Crippen molar-refractivity contribution in [2.24, 2.45) is 0 Å². The Morgan fingerprint density at radius 1 is 1.19 bits per heavy atom. The highest BCUT2D eigenvalue weighted by Crippen LogP contribution is 2.28. The van der Waals surface area contributed by atoms with Crippen LogP contribution >= 0.6 is 35.3 Å². The predicted molar refractivity (Wildman–Crippen MR) is 147 cm³/mol. The topological polar surface area (TPSA) is 78.2 Å². The summed E-state index contributed by atoms with van der Waals surface area (Å²) >= 11 is 7.96. The van der Waals surface area contributed by atoms with Crippen LogP contribution in [0.1, 0.15) is 25.3 Å². The summed E-state index contributed by atoms with van der Waals surface area (Å²) in [6.07, 6.45) is 2.87. The molecule has 1 unspecified atom stereocenters. The fourth-order valence-electron chi connectivity index (χ4n) is 4.17. The van der Waals surface area contributed by atoms with E-state index in [0.29, 0.717) is 31.7 Å². The van der Waals surface area contributed by atoms with Gasteiger partial charge in [-0.2, -0.15) is 0 Å². The van der Waals surface area contributed by atoms with Crippen molar-refractivity contribution in [3.05, 3.63) is 74.2 Å². The van der Waals surface area contributed by atoms with E-state index < -0.39 is 5.82 Å². The van der Waals surface area contributed by atoms with Crippen molar-refractivity contribution in [2.45, 2.75) is 37.4 Å². The molecule has 3 heterocycles. The average molecular weight is 557 g/mol. The second-order valence-corrected chi connectivity index (χ2v) is 11.2. The van der Waals surface area contributed by atoms with Crippen molar-refractivity contribution in [2.75, 3.05) is 18.9 Å². The van der Waals surface area contributed by atoms with Gasteiger partial charge in [-0.3, -0.25) is 18.7 Å². The van der Waals surface area contributed by atoms with Gasteiger partial charge >= 0.3 is 0 Å². The van der Waals surface area contributed by atoms with E-state index in [0.717, 1.165) is 43.3 Å². The van der Waals surface area contributed by atoms with Crippen LogP contribution in [0.2, 0.25) is 0 Å². The lowest BCUT2D eigenvalue weighted by Gasteiger charge is -2.14. The number of aromatic nitrogens is 3. The molecule has 0 aliphatic carbocycles. The Morgan fingerprint density at radius 3 is 2.57 bits per heavy atom. The van der Waals surface area contributed by atoms with Gasteiger partial charge in [-0.05, 0) is 73.4 Å². The number of amides is 1. The van der Waals surface area contributed by atoms with Crippen molar-refractivity contribution in [3.63, 3.8) is 0 Å². The molecule has 1 fully saturated rings. The number of nitrogens with one attached hydrogen (secondary N) is 1. The summed E-state index contributed by atoms with van der Waals surface area (Å²) in [5.41, 5.74) is 2.57. The molecule has 1 amide bonds. The summed E-state index contributed by atoms with van der Waals surface area (Å²) < 4.78 is 23.3. The van der Waals surface area contributed by atoms with E-state index in [1.54, 1.807) is 4.57 Å². The average Bonchev–Trinajstić information content (AvgIpc) is 3.55. The van der Waals surface area contributed by atoms with Gasteiger partial charge in [-0.25, -0.2) is 9.37 Å². The Labute approximate surface area is 226 Å². The summed E-state index contributed by atoms with van der Waals surface area (Å²) in [5.74, 6) is -0.536. The van der Waals surface area contributed by atoms with Crippen molar-refractivity contribution in [1.29, 1.82) is 0 Å². The molecule has 1 saturated heterocycles. The molecule has 1 N–H and O–H groups in total. The lowest BCUT2D eigenvalue weighted by atomic mass is 10.1. The summed E-state index contributed by atoms with van der Waals surface area (Å²) in [5, 5.41) is 3.22. The van der Waals surface area contributed by atoms with Gasteiger partial charge in [0.15, 0.2) is 14.8 Å². The van der Waals surface area contributed by atoms with Crippen LogP contribution in [0, 0.1) is 9.77 Å². The molecule has 2 aromatic carbocycles. The number of fused-ring (bicyclic) bond motifs is 1. The molecule has 1 aliphatic rings. The summed E-state index contributed by atoms with van der Waals surface area (Å²) in [4.78, 5) is 31.1. The number of thiazole rings is 1. The van der Waals surface area contributed by atoms with E-state index in [4.69, 9.17) is 21.9 Å². The zero-order valence-corrected chi connectivity index (χ0v) is 22.6. The first-order chi connectivity index (χ1) is 17.9. The van der Waals surface area contributed by atoms with E-state index in [-0.39, 0.29) is 23.3 Å². The normalized spacial score (nSPS) is 15.4. The highest BCUT2D eigenvalue weighted by Gasteiger charge is 2.21. The van der Waals surface area contributed by atoms with Gasteiger partial charge in [-0.15, -0.1) is 0 Å². The molecular formula is C26H25FN4O3S3. The second kappa shape index (κ2) is 11.3. The summed E-state index contributed by atoms with van der Waals surface area (Å²) in [7, 11) is 0. The highest BCUT2D eigenvalue weighted by molar-refractivity contribution is 7.99. The van der Waals surface area contributed by atoms with E-state index in [2.05, 4.69) is 12.2 Å². The van der Waals surface area contributed by atoms with Gasteiger partial charge in [0.1, 0.15) is 10.5 Å². The van der Waals surface area contributed by atoms with Crippen LogP contribution in [0.25, 0.3) is 21.7 Å². The molecule has 0 saturated carbocycles. The van der Waals surface area contributed by atoms with Gasteiger partial charge in [-0.1, -0.05) is 42.2 Å². The van der Waals surface area contributed by atoms with Crippen LogP contribution in [-0.4, -0.2) is 45.0 Å². The lowest BCUT2D eigenvalue weighted by Crippen LogP contribution is -2.33. The standard InChI is InChI=1S/C26H25FN4O3S3/c1-2-16-5-9-18(10-6-16)30-23-22(37-26(30)35)24(33)31(19-11-7-17(27)8-12-19)25(29-23)36-15-21(32)28-14-20-4-3-13-34-20/h5-12,20H,2-4,13-15H2,1H3,(H,28,32). The maximum atomic E-state index is 13.7. The molecule has 0 bridgehead atoms. The van der Waals surface area contributed by atoms with Crippen LogP contribution in [0.5, 0.6) is 0 Å². The Morgan fingerprint density at radius 2 is 1.89 bits per heavy atom. The van der Waals surface area contributed by atoms with Crippen LogP contribution in [0.15, 0.2) is 58.5 Å². The lowest BCUT2D eigenvalue weighted by molar-refractivity contribution is -0.119. The highest BCUT2D eigenvalue weighted by atomic mass is 32.2. The maximum Gasteiger partial charge on any atom is 0.278 e. The van der Waals surface area contributed by atoms with Crippen molar-refractivity contribution in [1.82, 2.24) is 19.4 Å². The molecule has 11 heteroatoms. The number of carbonyl (C=O) groups is 1. The van der Waals surface area contributed by atoms with Gasteiger partial charge in [0.2, 0.25) is 5.91 Å². The van der Waals surface area contributed by atoms with E-state index in [1.807, 2.05) is 24.3 Å². The van der Waals surface area contributed by atoms with E-state index in [9.17, 15) is 14.0 Å². The number of hydrogen-bond donors (Lipinski definition) is 1. The molecule has 37 heavy (non-hydrogen) atoms. The number of ether oxygens (including phenoxy) is 1. The molecule has 7 nitrogen and oxygen atoms in total. The SMILES string of the molecule is CCc1ccc(-n2c(=S)sc3c(=O)n(-c4ccc(F)cc4)c(SCC(=O)NCC4CCCO4)nc32)cc1. The molecule has 5 rings (SSSR count). The number of carbonyl (C=O) groups excluding carboxylic acids is 1. The third-order valence-electron chi connectivity index (χ3n) is 6.15. The fraction of sp³-hybridized carbons (Fsp3) is 0.308. The third-order valence-corrected chi connectivity index (χ3v) is 8.44. The van der Waals surface area contributed by atoms with Gasteiger partial charge in [0.25, 0.3) is 5.56 Å². The molecular weight excluding hydrogens is 532 g/mol. The molecule has 1 aliphatic heterocycles. The quantitative estimate of drug-likeness (QED) is 0.186.